The summed E-state index contributed by atoms with van der Waals surface area (Å²) in [6, 6.07) is 6.48. The first-order valence-corrected chi connectivity index (χ1v) is 13.0. The standard InChI is InChI=1S/C27H41N3O2/c1-3-20-10-13-22(14-11-20)27-28-24-15-12-21(19-31)18-25(24)30(27)17-16-26(32)29(4-2)23-8-6-5-7-9-23/h12,15,18,20,22-23,31H,3-11,13-14,16-17,19H2,1-2H3. The van der Waals surface area contributed by atoms with Gasteiger partial charge in [0, 0.05) is 31.5 Å². The lowest BCUT2D eigenvalue weighted by Gasteiger charge is -2.34. The van der Waals surface area contributed by atoms with Crippen LogP contribution in [0.2, 0.25) is 0 Å². The summed E-state index contributed by atoms with van der Waals surface area (Å²) in [6.07, 6.45) is 12.8. The Morgan fingerprint density at radius 3 is 2.50 bits per heavy atom. The van der Waals surface area contributed by atoms with Crippen LogP contribution in [-0.4, -0.2) is 38.1 Å². The topological polar surface area (TPSA) is 58.4 Å². The molecule has 0 saturated heterocycles. The minimum atomic E-state index is 0.0300. The SMILES string of the molecule is CCC1CCC(c2nc3ccc(CO)cc3n2CCC(=O)N(CC)C2CCCCC2)CC1. The summed E-state index contributed by atoms with van der Waals surface area (Å²) in [5.74, 6) is 2.75. The molecule has 1 heterocycles. The molecule has 5 nitrogen and oxygen atoms in total. The zero-order valence-corrected chi connectivity index (χ0v) is 20.1. The van der Waals surface area contributed by atoms with Gasteiger partial charge in [-0.25, -0.2) is 4.98 Å². The van der Waals surface area contributed by atoms with Crippen LogP contribution in [0.15, 0.2) is 18.2 Å². The summed E-state index contributed by atoms with van der Waals surface area (Å²) in [4.78, 5) is 20.4. The van der Waals surface area contributed by atoms with Crippen LogP contribution in [0, 0.1) is 5.92 Å². The van der Waals surface area contributed by atoms with E-state index in [-0.39, 0.29) is 12.5 Å². The van der Waals surface area contributed by atoms with Crippen molar-refractivity contribution in [3.63, 3.8) is 0 Å². The normalized spacial score (nSPS) is 22.3. The lowest BCUT2D eigenvalue weighted by molar-refractivity contribution is -0.134. The van der Waals surface area contributed by atoms with Crippen LogP contribution in [0.4, 0.5) is 0 Å². The highest BCUT2D eigenvalue weighted by atomic mass is 16.3. The molecule has 176 valence electrons. The van der Waals surface area contributed by atoms with E-state index >= 15 is 0 Å². The minimum absolute atomic E-state index is 0.0300. The molecule has 1 aromatic heterocycles. The fourth-order valence-electron chi connectivity index (χ4n) is 6.04. The van der Waals surface area contributed by atoms with Crippen molar-refractivity contribution < 1.29 is 9.90 Å². The number of carbonyl (C=O) groups excluding carboxylic acids is 1. The first kappa shape index (κ1) is 23.3. The molecule has 0 spiro atoms. The molecule has 0 unspecified atom stereocenters. The van der Waals surface area contributed by atoms with Gasteiger partial charge in [-0.1, -0.05) is 38.7 Å². The number of rotatable bonds is 8. The van der Waals surface area contributed by atoms with Gasteiger partial charge in [0.15, 0.2) is 0 Å². The highest BCUT2D eigenvalue weighted by Crippen LogP contribution is 2.38. The van der Waals surface area contributed by atoms with Gasteiger partial charge < -0.3 is 14.6 Å². The van der Waals surface area contributed by atoms with E-state index in [2.05, 4.69) is 29.4 Å². The summed E-state index contributed by atoms with van der Waals surface area (Å²) in [5.41, 5.74) is 2.96. The molecule has 2 aliphatic rings. The Hall–Kier alpha value is -1.88. The molecule has 1 N–H and O–H groups in total. The smallest absolute Gasteiger partial charge is 0.224 e. The van der Waals surface area contributed by atoms with Crippen LogP contribution in [0.1, 0.15) is 102 Å². The zero-order chi connectivity index (χ0) is 22.5. The third-order valence-corrected chi connectivity index (χ3v) is 8.04. The molecular formula is C27H41N3O2. The summed E-state index contributed by atoms with van der Waals surface area (Å²) in [6.45, 7) is 5.92. The number of fused-ring (bicyclic) bond motifs is 1. The number of aromatic nitrogens is 2. The average Bonchev–Trinajstić information content (AvgIpc) is 3.21. The van der Waals surface area contributed by atoms with E-state index in [1.807, 2.05) is 12.1 Å². The Kier molecular flexibility index (Phi) is 7.88. The van der Waals surface area contributed by atoms with Crippen LogP contribution in [0.3, 0.4) is 0 Å². The molecular weight excluding hydrogens is 398 g/mol. The van der Waals surface area contributed by atoms with Gasteiger partial charge in [0.25, 0.3) is 0 Å². The van der Waals surface area contributed by atoms with Gasteiger partial charge in [-0.15, -0.1) is 0 Å². The third-order valence-electron chi connectivity index (χ3n) is 8.04. The van der Waals surface area contributed by atoms with Crippen LogP contribution in [0.5, 0.6) is 0 Å². The van der Waals surface area contributed by atoms with Gasteiger partial charge in [-0.3, -0.25) is 4.79 Å². The van der Waals surface area contributed by atoms with Crippen LogP contribution in [0.25, 0.3) is 11.0 Å². The van der Waals surface area contributed by atoms with Gasteiger partial charge in [0.05, 0.1) is 17.6 Å². The second-order valence-electron chi connectivity index (χ2n) is 9.95. The number of imidazole rings is 1. The summed E-state index contributed by atoms with van der Waals surface area (Å²) >= 11 is 0. The number of aliphatic hydroxyl groups is 1. The van der Waals surface area contributed by atoms with Crippen LogP contribution >= 0.6 is 0 Å². The second-order valence-corrected chi connectivity index (χ2v) is 9.95. The molecule has 0 bridgehead atoms. The first-order valence-electron chi connectivity index (χ1n) is 13.0. The van der Waals surface area contributed by atoms with E-state index in [1.54, 1.807) is 0 Å². The number of amides is 1. The van der Waals surface area contributed by atoms with Crippen molar-refractivity contribution in [1.29, 1.82) is 0 Å². The molecule has 2 aromatic rings. The molecule has 2 aliphatic carbocycles. The molecule has 0 radical (unpaired) electrons. The monoisotopic (exact) mass is 439 g/mol. The van der Waals surface area contributed by atoms with E-state index in [9.17, 15) is 9.90 Å². The number of nitrogens with zero attached hydrogens (tertiary/aromatic N) is 3. The van der Waals surface area contributed by atoms with Crippen LogP contribution < -0.4 is 0 Å². The quantitative estimate of drug-likeness (QED) is 0.567. The number of aryl methyl sites for hydroxylation is 1. The Morgan fingerprint density at radius 2 is 1.84 bits per heavy atom. The summed E-state index contributed by atoms with van der Waals surface area (Å²) in [7, 11) is 0. The van der Waals surface area contributed by atoms with Crippen molar-refractivity contribution in [3.05, 3.63) is 29.6 Å². The molecule has 5 heteroatoms. The second kappa shape index (κ2) is 10.8. The van der Waals surface area contributed by atoms with Crippen molar-refractivity contribution >= 4 is 16.9 Å². The number of aliphatic hydroxyl groups excluding tert-OH is 1. The van der Waals surface area contributed by atoms with Crippen molar-refractivity contribution in [2.75, 3.05) is 6.54 Å². The Balaban J connectivity index is 1.56. The highest BCUT2D eigenvalue weighted by molar-refractivity contribution is 5.79. The Labute approximate surface area is 193 Å². The average molecular weight is 440 g/mol. The summed E-state index contributed by atoms with van der Waals surface area (Å²) in [5, 5.41) is 9.68. The van der Waals surface area contributed by atoms with Gasteiger partial charge in [-0.05, 0) is 69.1 Å². The largest absolute Gasteiger partial charge is 0.392 e. The maximum atomic E-state index is 13.2. The number of carbonyl (C=O) groups is 1. The molecule has 1 amide bonds. The fourth-order valence-corrected chi connectivity index (χ4v) is 6.04. The lowest BCUT2D eigenvalue weighted by Crippen LogP contribution is -2.41. The predicted molar refractivity (Wildman–Crippen MR) is 130 cm³/mol. The minimum Gasteiger partial charge on any atom is -0.392 e. The lowest BCUT2D eigenvalue weighted by atomic mass is 9.80. The van der Waals surface area contributed by atoms with E-state index in [0.717, 1.165) is 47.7 Å². The first-order chi connectivity index (χ1) is 15.6. The van der Waals surface area contributed by atoms with E-state index in [4.69, 9.17) is 4.98 Å². The highest BCUT2D eigenvalue weighted by Gasteiger charge is 2.28. The molecule has 1 aromatic carbocycles. The van der Waals surface area contributed by atoms with Crippen molar-refractivity contribution in [2.24, 2.45) is 5.92 Å². The van der Waals surface area contributed by atoms with Crippen molar-refractivity contribution in [3.8, 4) is 0 Å². The summed E-state index contributed by atoms with van der Waals surface area (Å²) < 4.78 is 2.30. The van der Waals surface area contributed by atoms with Gasteiger partial charge in [0.2, 0.25) is 5.91 Å². The van der Waals surface area contributed by atoms with Gasteiger partial charge in [-0.2, -0.15) is 0 Å². The fraction of sp³-hybridized carbons (Fsp3) is 0.704. The molecule has 32 heavy (non-hydrogen) atoms. The predicted octanol–water partition coefficient (Wildman–Crippen LogP) is 5.78. The Morgan fingerprint density at radius 1 is 1.09 bits per heavy atom. The van der Waals surface area contributed by atoms with Crippen molar-refractivity contribution in [1.82, 2.24) is 14.5 Å². The maximum Gasteiger partial charge on any atom is 0.224 e. The molecule has 0 aliphatic heterocycles. The number of hydrogen-bond donors (Lipinski definition) is 1. The molecule has 2 fully saturated rings. The molecule has 0 atom stereocenters. The zero-order valence-electron chi connectivity index (χ0n) is 20.1. The number of benzene rings is 1. The molecule has 2 saturated carbocycles. The maximum absolute atomic E-state index is 13.2. The number of hydrogen-bond acceptors (Lipinski definition) is 3. The van der Waals surface area contributed by atoms with E-state index in [0.29, 0.717) is 24.9 Å². The van der Waals surface area contributed by atoms with Crippen LogP contribution in [-0.2, 0) is 17.9 Å². The Bertz CT molecular complexity index is 892. The van der Waals surface area contributed by atoms with E-state index < -0.39 is 0 Å². The molecule has 4 rings (SSSR count). The van der Waals surface area contributed by atoms with Gasteiger partial charge >= 0.3 is 0 Å². The van der Waals surface area contributed by atoms with Gasteiger partial charge in [0.1, 0.15) is 5.82 Å². The third kappa shape index (κ3) is 5.03. The van der Waals surface area contributed by atoms with Crippen molar-refractivity contribution in [2.45, 2.75) is 110 Å². The van der Waals surface area contributed by atoms with E-state index in [1.165, 1.54) is 51.4 Å².